The summed E-state index contributed by atoms with van der Waals surface area (Å²) in [5, 5.41) is 8.71. The number of hydrogen-bond acceptors (Lipinski definition) is 4. The predicted molar refractivity (Wildman–Crippen MR) is 73.9 cm³/mol. The summed E-state index contributed by atoms with van der Waals surface area (Å²) in [6.07, 6.45) is 0.303. The van der Waals surface area contributed by atoms with Crippen molar-refractivity contribution in [1.82, 2.24) is 4.90 Å². The van der Waals surface area contributed by atoms with Gasteiger partial charge in [-0.25, -0.2) is 0 Å². The summed E-state index contributed by atoms with van der Waals surface area (Å²) in [7, 11) is 0. The number of carbonyl (C=O) groups excluding carboxylic acids is 2. The van der Waals surface area contributed by atoms with E-state index in [2.05, 4.69) is 11.8 Å². The number of fused-ring (bicyclic) bond motifs is 2. The molecule has 1 N–H and O–H groups in total. The van der Waals surface area contributed by atoms with Gasteiger partial charge in [0.1, 0.15) is 18.8 Å². The molecule has 2 fully saturated rings. The van der Waals surface area contributed by atoms with Crippen molar-refractivity contribution >= 4 is 11.8 Å². The number of hydrogen-bond donors (Lipinski definition) is 1. The van der Waals surface area contributed by atoms with Crippen molar-refractivity contribution in [2.24, 2.45) is 0 Å². The van der Waals surface area contributed by atoms with E-state index in [0.717, 1.165) is 11.1 Å². The fourth-order valence-corrected chi connectivity index (χ4v) is 2.68. The molecule has 0 saturated carbocycles. The third-order valence-electron chi connectivity index (χ3n) is 3.68. The minimum absolute atomic E-state index is 0.200. The molecule has 2 bridgehead atoms. The van der Waals surface area contributed by atoms with Gasteiger partial charge in [-0.3, -0.25) is 14.5 Å². The highest BCUT2D eigenvalue weighted by atomic mass is 16.5. The first-order valence-corrected chi connectivity index (χ1v) is 6.88. The number of imide groups is 1. The highest BCUT2D eigenvalue weighted by Crippen LogP contribution is 2.29. The van der Waals surface area contributed by atoms with E-state index in [0.29, 0.717) is 12.8 Å². The van der Waals surface area contributed by atoms with Crippen LogP contribution in [0.3, 0.4) is 0 Å². The first-order chi connectivity index (χ1) is 10.2. The summed E-state index contributed by atoms with van der Waals surface area (Å²) in [6, 6.07) is 7.31. The van der Waals surface area contributed by atoms with E-state index < -0.39 is 12.2 Å². The molecule has 2 atom stereocenters. The Kier molecular flexibility index (Phi) is 3.74. The Labute approximate surface area is 122 Å². The van der Waals surface area contributed by atoms with Crippen molar-refractivity contribution in [3.05, 3.63) is 35.4 Å². The third kappa shape index (κ3) is 2.68. The lowest BCUT2D eigenvalue weighted by atomic mass is 10.1. The second kappa shape index (κ2) is 5.68. The first-order valence-electron chi connectivity index (χ1n) is 6.88. The maximum absolute atomic E-state index is 12.2. The lowest BCUT2D eigenvalue weighted by Gasteiger charge is -2.29. The van der Waals surface area contributed by atoms with Crippen molar-refractivity contribution in [1.29, 1.82) is 0 Å². The molecular formula is C16H15NO4. The Hall–Kier alpha value is -2.16. The molecule has 1 aromatic carbocycles. The van der Waals surface area contributed by atoms with Crippen LogP contribution in [-0.4, -0.2) is 40.6 Å². The van der Waals surface area contributed by atoms with Crippen LogP contribution in [0.4, 0.5) is 0 Å². The Bertz CT molecular complexity index is 621. The molecule has 0 aliphatic carbocycles. The van der Waals surface area contributed by atoms with Gasteiger partial charge in [-0.15, -0.1) is 0 Å². The van der Waals surface area contributed by atoms with Crippen LogP contribution in [-0.2, 0) is 20.9 Å². The lowest BCUT2D eigenvalue weighted by molar-refractivity contribution is -0.169. The molecule has 108 valence electrons. The normalized spacial score (nSPS) is 24.0. The number of likely N-dealkylation sites (tertiary alicyclic amines) is 1. The molecule has 2 saturated heterocycles. The Morgan fingerprint density at radius 2 is 1.95 bits per heavy atom. The van der Waals surface area contributed by atoms with Gasteiger partial charge in [-0.05, 0) is 30.5 Å². The lowest BCUT2D eigenvalue weighted by Crippen LogP contribution is -2.51. The highest BCUT2D eigenvalue weighted by molar-refractivity contribution is 6.02. The molecule has 5 heteroatoms. The number of nitrogens with zero attached hydrogens (tertiary/aromatic N) is 1. The quantitative estimate of drug-likeness (QED) is 0.633. The maximum Gasteiger partial charge on any atom is 0.258 e. The summed E-state index contributed by atoms with van der Waals surface area (Å²) < 4.78 is 5.38. The molecule has 5 nitrogen and oxygen atoms in total. The molecule has 2 amide bonds. The summed E-state index contributed by atoms with van der Waals surface area (Å²) in [5.74, 6) is 4.89. The Morgan fingerprint density at radius 3 is 2.62 bits per heavy atom. The largest absolute Gasteiger partial charge is 0.384 e. The van der Waals surface area contributed by atoms with Crippen molar-refractivity contribution in [3.63, 3.8) is 0 Å². The van der Waals surface area contributed by atoms with Crippen LogP contribution in [0.25, 0.3) is 0 Å². The minimum Gasteiger partial charge on any atom is -0.384 e. The molecule has 2 heterocycles. The second-order valence-electron chi connectivity index (χ2n) is 5.11. The van der Waals surface area contributed by atoms with E-state index in [-0.39, 0.29) is 25.0 Å². The molecule has 3 rings (SSSR count). The van der Waals surface area contributed by atoms with Crippen LogP contribution in [0.15, 0.2) is 24.3 Å². The topological polar surface area (TPSA) is 66.8 Å². The van der Waals surface area contributed by atoms with Gasteiger partial charge in [0.05, 0.1) is 6.54 Å². The fraction of sp³-hybridized carbons (Fsp3) is 0.375. The van der Waals surface area contributed by atoms with Gasteiger partial charge >= 0.3 is 0 Å². The third-order valence-corrected chi connectivity index (χ3v) is 3.68. The van der Waals surface area contributed by atoms with E-state index in [1.807, 2.05) is 24.3 Å². The van der Waals surface area contributed by atoms with Crippen LogP contribution in [0.5, 0.6) is 0 Å². The van der Waals surface area contributed by atoms with E-state index >= 15 is 0 Å². The zero-order valence-electron chi connectivity index (χ0n) is 11.4. The van der Waals surface area contributed by atoms with Crippen molar-refractivity contribution in [3.8, 4) is 11.8 Å². The van der Waals surface area contributed by atoms with Crippen molar-refractivity contribution in [2.75, 3.05) is 6.61 Å². The summed E-state index contributed by atoms with van der Waals surface area (Å²) in [5.41, 5.74) is 1.58. The van der Waals surface area contributed by atoms with Crippen LogP contribution in [0.1, 0.15) is 24.0 Å². The van der Waals surface area contributed by atoms with E-state index in [1.165, 1.54) is 4.90 Å². The maximum atomic E-state index is 12.2. The van der Waals surface area contributed by atoms with E-state index in [1.54, 1.807) is 0 Å². The smallest absolute Gasteiger partial charge is 0.258 e. The first kappa shape index (κ1) is 13.8. The molecule has 21 heavy (non-hydrogen) atoms. The molecule has 0 spiro atoms. The van der Waals surface area contributed by atoms with Crippen LogP contribution < -0.4 is 0 Å². The van der Waals surface area contributed by atoms with Gasteiger partial charge in [0.25, 0.3) is 11.8 Å². The molecular weight excluding hydrogens is 270 g/mol. The highest BCUT2D eigenvalue weighted by Gasteiger charge is 2.46. The van der Waals surface area contributed by atoms with Gasteiger partial charge < -0.3 is 9.84 Å². The fourth-order valence-electron chi connectivity index (χ4n) is 2.68. The van der Waals surface area contributed by atoms with Gasteiger partial charge in [-0.1, -0.05) is 24.0 Å². The van der Waals surface area contributed by atoms with Crippen LogP contribution >= 0.6 is 0 Å². The Balaban J connectivity index is 1.80. The number of rotatable bonds is 2. The zero-order valence-corrected chi connectivity index (χ0v) is 11.4. The number of aliphatic hydroxyl groups is 1. The average Bonchev–Trinajstić information content (AvgIpc) is 2.95. The second-order valence-corrected chi connectivity index (χ2v) is 5.11. The Morgan fingerprint density at radius 1 is 1.24 bits per heavy atom. The van der Waals surface area contributed by atoms with Gasteiger partial charge in [0.2, 0.25) is 0 Å². The number of carbonyl (C=O) groups is 2. The molecule has 2 aliphatic rings. The standard InChI is InChI=1S/C16H15NO4/c18-8-2-5-11-3-1-4-12(9-11)10-17-15(19)13-6-7-14(21-13)16(17)20/h1,3-4,9,13-14,18H,6-8,10H2. The molecule has 0 radical (unpaired) electrons. The molecule has 2 aliphatic heterocycles. The SMILES string of the molecule is O=C1C2CCC(O2)C(=O)N1Cc1cccc(C#CCO)c1. The predicted octanol–water partition coefficient (Wildman–Crippen LogP) is 0.447. The summed E-state index contributed by atoms with van der Waals surface area (Å²) >= 11 is 0. The molecule has 0 aromatic heterocycles. The monoisotopic (exact) mass is 285 g/mol. The van der Waals surface area contributed by atoms with Crippen LogP contribution in [0.2, 0.25) is 0 Å². The summed E-state index contributed by atoms with van der Waals surface area (Å²) in [6.45, 7) is 0.0384. The summed E-state index contributed by atoms with van der Waals surface area (Å²) in [4.78, 5) is 25.6. The average molecular weight is 285 g/mol. The number of benzene rings is 1. The number of amides is 2. The molecule has 1 aromatic rings. The number of ether oxygens (including phenoxy) is 1. The zero-order chi connectivity index (χ0) is 14.8. The van der Waals surface area contributed by atoms with Crippen molar-refractivity contribution < 1.29 is 19.4 Å². The van der Waals surface area contributed by atoms with Gasteiger partial charge in [0, 0.05) is 5.56 Å². The van der Waals surface area contributed by atoms with Gasteiger partial charge in [-0.2, -0.15) is 0 Å². The van der Waals surface area contributed by atoms with Gasteiger partial charge in [0.15, 0.2) is 0 Å². The van der Waals surface area contributed by atoms with Crippen molar-refractivity contribution in [2.45, 2.75) is 31.6 Å². The number of morpholine rings is 1. The minimum atomic E-state index is -0.468. The van der Waals surface area contributed by atoms with Crippen LogP contribution in [0, 0.1) is 11.8 Å². The van der Waals surface area contributed by atoms with E-state index in [4.69, 9.17) is 9.84 Å². The number of aliphatic hydroxyl groups excluding tert-OH is 1. The molecule has 2 unspecified atom stereocenters. The van der Waals surface area contributed by atoms with E-state index in [9.17, 15) is 9.59 Å².